The number of hydrogen-bond acceptors (Lipinski definition) is 3. The summed E-state index contributed by atoms with van der Waals surface area (Å²) in [5.41, 5.74) is 0. The first-order valence-electron chi connectivity index (χ1n) is 5.60. The van der Waals surface area contributed by atoms with Gasteiger partial charge in [-0.2, -0.15) is 0 Å². The molecule has 1 heterocycles. The van der Waals surface area contributed by atoms with Crippen LogP contribution in [0.2, 0.25) is 0 Å². The van der Waals surface area contributed by atoms with E-state index in [4.69, 9.17) is 0 Å². The lowest BCUT2D eigenvalue weighted by atomic mass is 9.85. The molecule has 0 bridgehead atoms. The van der Waals surface area contributed by atoms with Crippen molar-refractivity contribution in [2.45, 2.75) is 22.6 Å². The Morgan fingerprint density at radius 2 is 2.11 bits per heavy atom. The van der Waals surface area contributed by atoms with Crippen molar-refractivity contribution in [1.82, 2.24) is 9.29 Å². The molecule has 0 N–H and O–H groups in total. The largest absolute Gasteiger partial charge is 0.262 e. The standard InChI is InChI=1S/C11H14Br2N2O2S/c1-15(7-8-2-9(12)3-8)18(16,17)11-4-10(13)5-14-6-11/h4-6,8-9H,2-3,7H2,1H3. The van der Waals surface area contributed by atoms with Crippen LogP contribution in [0.25, 0.3) is 0 Å². The van der Waals surface area contributed by atoms with E-state index in [0.29, 0.717) is 21.8 Å². The van der Waals surface area contributed by atoms with Gasteiger partial charge in [-0.1, -0.05) is 15.9 Å². The van der Waals surface area contributed by atoms with Gasteiger partial charge in [-0.3, -0.25) is 4.98 Å². The molecule has 1 aliphatic carbocycles. The molecule has 0 spiro atoms. The van der Waals surface area contributed by atoms with Crippen molar-refractivity contribution in [2.75, 3.05) is 13.6 Å². The Balaban J connectivity index is 2.10. The fraction of sp³-hybridized carbons (Fsp3) is 0.545. The molecule has 1 saturated carbocycles. The quantitative estimate of drug-likeness (QED) is 0.733. The number of pyridine rings is 1. The third kappa shape index (κ3) is 3.12. The van der Waals surface area contributed by atoms with Crippen LogP contribution in [0.1, 0.15) is 12.8 Å². The predicted octanol–water partition coefficient (Wildman–Crippen LogP) is 2.64. The Morgan fingerprint density at radius 3 is 2.67 bits per heavy atom. The number of hydrogen-bond donors (Lipinski definition) is 0. The van der Waals surface area contributed by atoms with E-state index in [1.807, 2.05) is 0 Å². The number of rotatable bonds is 4. The second kappa shape index (κ2) is 5.56. The van der Waals surface area contributed by atoms with Gasteiger partial charge in [0, 0.05) is 35.3 Å². The molecule has 0 saturated heterocycles. The van der Waals surface area contributed by atoms with E-state index in [2.05, 4.69) is 36.8 Å². The summed E-state index contributed by atoms with van der Waals surface area (Å²) >= 11 is 6.75. The summed E-state index contributed by atoms with van der Waals surface area (Å²) in [6.07, 6.45) is 5.03. The second-order valence-corrected chi connectivity index (χ2v) is 8.81. The smallest absolute Gasteiger partial charge is 0.244 e. The Labute approximate surface area is 124 Å². The van der Waals surface area contributed by atoms with Crippen molar-refractivity contribution in [1.29, 1.82) is 0 Å². The fourth-order valence-electron chi connectivity index (χ4n) is 1.98. The topological polar surface area (TPSA) is 50.3 Å². The van der Waals surface area contributed by atoms with E-state index in [1.54, 1.807) is 19.3 Å². The number of sulfonamides is 1. The van der Waals surface area contributed by atoms with Crippen molar-refractivity contribution in [2.24, 2.45) is 5.92 Å². The van der Waals surface area contributed by atoms with E-state index in [1.165, 1.54) is 10.5 Å². The van der Waals surface area contributed by atoms with Crippen LogP contribution in [-0.4, -0.2) is 36.1 Å². The Morgan fingerprint density at radius 1 is 1.44 bits per heavy atom. The highest BCUT2D eigenvalue weighted by molar-refractivity contribution is 9.10. The van der Waals surface area contributed by atoms with Gasteiger partial charge in [-0.05, 0) is 40.8 Å². The average molecular weight is 398 g/mol. The van der Waals surface area contributed by atoms with E-state index in [9.17, 15) is 8.42 Å². The van der Waals surface area contributed by atoms with Gasteiger partial charge >= 0.3 is 0 Å². The average Bonchev–Trinajstić information content (AvgIpc) is 2.26. The molecule has 18 heavy (non-hydrogen) atoms. The number of aromatic nitrogens is 1. The molecule has 2 rings (SSSR count). The lowest BCUT2D eigenvalue weighted by Crippen LogP contribution is -2.37. The zero-order valence-corrected chi connectivity index (χ0v) is 13.9. The van der Waals surface area contributed by atoms with Gasteiger partial charge in [0.2, 0.25) is 10.0 Å². The van der Waals surface area contributed by atoms with E-state index in [0.717, 1.165) is 12.8 Å². The summed E-state index contributed by atoms with van der Waals surface area (Å²) < 4.78 is 26.7. The van der Waals surface area contributed by atoms with Gasteiger partial charge in [-0.25, -0.2) is 12.7 Å². The van der Waals surface area contributed by atoms with Crippen LogP contribution in [0.3, 0.4) is 0 Å². The van der Waals surface area contributed by atoms with Gasteiger partial charge in [0.05, 0.1) is 0 Å². The molecule has 0 aromatic carbocycles. The minimum absolute atomic E-state index is 0.231. The van der Waals surface area contributed by atoms with Gasteiger partial charge in [0.1, 0.15) is 4.90 Å². The first kappa shape index (κ1) is 14.4. The highest BCUT2D eigenvalue weighted by atomic mass is 79.9. The van der Waals surface area contributed by atoms with Crippen molar-refractivity contribution in [3.8, 4) is 0 Å². The summed E-state index contributed by atoms with van der Waals surface area (Å²) in [6.45, 7) is 0.566. The fourth-order valence-corrected chi connectivity index (χ4v) is 4.79. The molecule has 0 amide bonds. The highest BCUT2D eigenvalue weighted by Crippen LogP contribution is 2.34. The molecule has 1 aromatic rings. The number of alkyl halides is 1. The Hall–Kier alpha value is 0.0200. The molecule has 0 unspecified atom stereocenters. The van der Waals surface area contributed by atoms with Crippen LogP contribution in [-0.2, 0) is 10.0 Å². The molecule has 1 fully saturated rings. The molecule has 7 heteroatoms. The van der Waals surface area contributed by atoms with Gasteiger partial charge < -0.3 is 0 Å². The molecule has 0 atom stereocenters. The first-order valence-corrected chi connectivity index (χ1v) is 8.75. The molecule has 0 aliphatic heterocycles. The SMILES string of the molecule is CN(CC1CC(Br)C1)S(=O)(=O)c1cncc(Br)c1. The van der Waals surface area contributed by atoms with Crippen molar-refractivity contribution >= 4 is 41.9 Å². The van der Waals surface area contributed by atoms with Crippen molar-refractivity contribution in [3.05, 3.63) is 22.9 Å². The molecule has 1 aliphatic rings. The highest BCUT2D eigenvalue weighted by Gasteiger charge is 2.31. The predicted molar refractivity (Wildman–Crippen MR) is 77.2 cm³/mol. The summed E-state index contributed by atoms with van der Waals surface area (Å²) in [5, 5.41) is 0. The summed E-state index contributed by atoms with van der Waals surface area (Å²) in [4.78, 5) is 4.68. The molecule has 4 nitrogen and oxygen atoms in total. The van der Waals surface area contributed by atoms with Crippen LogP contribution >= 0.6 is 31.9 Å². The maximum atomic E-state index is 12.3. The minimum atomic E-state index is -3.42. The molecule has 100 valence electrons. The lowest BCUT2D eigenvalue weighted by molar-refractivity contribution is 0.275. The van der Waals surface area contributed by atoms with Crippen LogP contribution in [0.15, 0.2) is 27.8 Å². The maximum Gasteiger partial charge on any atom is 0.244 e. The monoisotopic (exact) mass is 396 g/mol. The van der Waals surface area contributed by atoms with E-state index in [-0.39, 0.29) is 4.90 Å². The third-order valence-electron chi connectivity index (χ3n) is 3.08. The van der Waals surface area contributed by atoms with Crippen LogP contribution in [0.5, 0.6) is 0 Å². The first-order chi connectivity index (χ1) is 8.39. The van der Waals surface area contributed by atoms with Crippen LogP contribution in [0, 0.1) is 5.92 Å². The summed E-state index contributed by atoms with van der Waals surface area (Å²) in [6, 6.07) is 1.58. The van der Waals surface area contributed by atoms with Crippen LogP contribution < -0.4 is 0 Å². The van der Waals surface area contributed by atoms with Crippen molar-refractivity contribution < 1.29 is 8.42 Å². The Kier molecular flexibility index (Phi) is 4.46. The Bertz CT molecular complexity index is 530. The second-order valence-electron chi connectivity index (χ2n) is 4.56. The molecular formula is C11H14Br2N2O2S. The molecule has 1 aromatic heterocycles. The zero-order chi connectivity index (χ0) is 13.3. The third-order valence-corrected chi connectivity index (χ3v) is 6.05. The lowest BCUT2D eigenvalue weighted by Gasteiger charge is -2.33. The zero-order valence-electron chi connectivity index (χ0n) is 9.88. The number of nitrogens with zero attached hydrogens (tertiary/aromatic N) is 2. The molecular weight excluding hydrogens is 384 g/mol. The maximum absolute atomic E-state index is 12.3. The van der Waals surface area contributed by atoms with E-state index >= 15 is 0 Å². The van der Waals surface area contributed by atoms with E-state index < -0.39 is 10.0 Å². The normalized spacial score (nSPS) is 24.0. The summed E-state index contributed by atoms with van der Waals surface area (Å²) in [7, 11) is -1.80. The number of halogens is 2. The van der Waals surface area contributed by atoms with Gasteiger partial charge in [-0.15, -0.1) is 0 Å². The summed E-state index contributed by atoms with van der Waals surface area (Å²) in [5.74, 6) is 0.453. The van der Waals surface area contributed by atoms with Gasteiger partial charge in [0.15, 0.2) is 0 Å². The van der Waals surface area contributed by atoms with Crippen LogP contribution in [0.4, 0.5) is 0 Å². The van der Waals surface area contributed by atoms with Gasteiger partial charge in [0.25, 0.3) is 0 Å². The van der Waals surface area contributed by atoms with Crippen molar-refractivity contribution in [3.63, 3.8) is 0 Å². The molecule has 0 radical (unpaired) electrons. The minimum Gasteiger partial charge on any atom is -0.262 e.